The lowest BCUT2D eigenvalue weighted by atomic mass is 9.96. The smallest absolute Gasteiger partial charge is 0.410 e. The summed E-state index contributed by atoms with van der Waals surface area (Å²) >= 11 is 0. The monoisotopic (exact) mass is 258 g/mol. The highest BCUT2D eigenvalue weighted by molar-refractivity contribution is 5.69. The summed E-state index contributed by atoms with van der Waals surface area (Å²) in [4.78, 5) is 26.0. The molecule has 18 heavy (non-hydrogen) atoms. The largest absolute Gasteiger partial charge is 0.444 e. The molecule has 0 spiro atoms. The van der Waals surface area contributed by atoms with Crippen molar-refractivity contribution in [2.75, 3.05) is 13.0 Å². The van der Waals surface area contributed by atoms with Crippen molar-refractivity contribution in [2.24, 2.45) is 0 Å². The lowest BCUT2D eigenvalue weighted by Crippen LogP contribution is -2.50. The fourth-order valence-corrected chi connectivity index (χ4v) is 1.19. The molecule has 0 unspecified atom stereocenters. The predicted octanol–water partition coefficient (Wildman–Crippen LogP) is 1.71. The fraction of sp³-hybridized carbons (Fsp3) is 0.538. The second-order valence-electron chi connectivity index (χ2n) is 4.62. The van der Waals surface area contributed by atoms with Crippen LogP contribution in [0.4, 0.5) is 4.79 Å². The highest BCUT2D eigenvalue weighted by Gasteiger charge is 2.34. The number of H-pyrrole nitrogens is 1. The van der Waals surface area contributed by atoms with E-state index >= 15 is 0 Å². The van der Waals surface area contributed by atoms with E-state index in [1.807, 2.05) is 4.98 Å². The number of carbonyl (C=O) groups excluding carboxylic acids is 1. The van der Waals surface area contributed by atoms with Gasteiger partial charge in [0.05, 0.1) is 9.60 Å². The molecule has 1 amide bonds. The summed E-state index contributed by atoms with van der Waals surface area (Å²) in [5.41, 5.74) is -3.02. The van der Waals surface area contributed by atoms with Crippen molar-refractivity contribution in [3.05, 3.63) is 34.2 Å². The van der Waals surface area contributed by atoms with Gasteiger partial charge < -0.3 is 14.6 Å². The summed E-state index contributed by atoms with van der Waals surface area (Å²) in [5.74, 6) is -2.91. The van der Waals surface area contributed by atoms with Crippen molar-refractivity contribution in [1.29, 1.82) is 0 Å². The number of nitrogens with one attached hydrogen (secondary N) is 1. The number of carbonyl (C=O) groups is 1. The first-order chi connectivity index (χ1) is 11.5. The maximum Gasteiger partial charge on any atom is 0.410 e. The van der Waals surface area contributed by atoms with Crippen LogP contribution in [0.3, 0.4) is 0 Å². The molecule has 2 heterocycles. The second-order valence-corrected chi connectivity index (χ2v) is 4.62. The van der Waals surface area contributed by atoms with Gasteiger partial charge in [-0.15, -0.1) is 0 Å². The number of hydrogen-bond acceptors (Lipinski definition) is 3. The molecule has 1 N–H and O–H groups in total. The number of hydrogen-bond donors (Lipinski definition) is 1. The Morgan fingerprint density at radius 2 is 2.28 bits per heavy atom. The van der Waals surface area contributed by atoms with E-state index in [0.717, 1.165) is 0 Å². The van der Waals surface area contributed by atoms with Gasteiger partial charge in [-0.25, -0.2) is 4.79 Å². The van der Waals surface area contributed by atoms with E-state index < -0.39 is 60.0 Å². The van der Waals surface area contributed by atoms with E-state index in [1.165, 1.54) is 20.8 Å². The van der Waals surface area contributed by atoms with Gasteiger partial charge in [-0.1, -0.05) is 6.04 Å². The predicted molar refractivity (Wildman–Crippen MR) is 67.6 cm³/mol. The van der Waals surface area contributed by atoms with Gasteiger partial charge in [-0.2, -0.15) is 0 Å². The van der Waals surface area contributed by atoms with Crippen LogP contribution in [0, 0.1) is 0 Å². The SMILES string of the molecule is [2H]c1c(C2([2H])C([2H])([2H])N(C(=O)OC(C)(C)C)C2([2H])[2H])[nH]c(=O)c([2H])c1[2H]. The van der Waals surface area contributed by atoms with Crippen molar-refractivity contribution >= 4 is 6.09 Å². The lowest BCUT2D eigenvalue weighted by Gasteiger charge is -2.39. The molecule has 1 aliphatic heterocycles. The van der Waals surface area contributed by atoms with Gasteiger partial charge in [0, 0.05) is 32.0 Å². The summed E-state index contributed by atoms with van der Waals surface area (Å²) in [6.07, 6.45) is -1.34. The Kier molecular flexibility index (Phi) is 1.47. The third-order valence-electron chi connectivity index (χ3n) is 1.88. The van der Waals surface area contributed by atoms with Gasteiger partial charge in [-0.3, -0.25) is 4.79 Å². The molecule has 1 fully saturated rings. The first-order valence-electron chi connectivity index (χ1n) is 9.24. The zero-order valence-corrected chi connectivity index (χ0v) is 10.2. The van der Waals surface area contributed by atoms with Crippen LogP contribution in [0.5, 0.6) is 0 Å². The van der Waals surface area contributed by atoms with E-state index in [-0.39, 0.29) is 4.90 Å². The highest BCUT2D eigenvalue weighted by Crippen LogP contribution is 2.26. The zero-order valence-electron chi connectivity index (χ0n) is 18.2. The van der Waals surface area contributed by atoms with E-state index in [1.54, 1.807) is 0 Å². The zero-order chi connectivity index (χ0) is 20.5. The van der Waals surface area contributed by atoms with E-state index in [4.69, 9.17) is 15.7 Å². The van der Waals surface area contributed by atoms with Gasteiger partial charge >= 0.3 is 6.09 Å². The number of rotatable bonds is 1. The minimum Gasteiger partial charge on any atom is -0.444 e. The molecule has 1 saturated heterocycles. The van der Waals surface area contributed by atoms with Gasteiger partial charge in [0.2, 0.25) is 5.56 Å². The number of nitrogens with zero attached hydrogens (tertiary/aromatic N) is 1. The maximum absolute atomic E-state index is 12.2. The van der Waals surface area contributed by atoms with Crippen LogP contribution in [0.2, 0.25) is 0 Å². The molecule has 5 heteroatoms. The summed E-state index contributed by atoms with van der Waals surface area (Å²) < 4.78 is 68.3. The Morgan fingerprint density at radius 1 is 1.61 bits per heavy atom. The quantitative estimate of drug-likeness (QED) is 0.834. The van der Waals surface area contributed by atoms with Gasteiger partial charge in [0.15, 0.2) is 0 Å². The molecule has 1 aromatic heterocycles. The summed E-state index contributed by atoms with van der Waals surface area (Å²) in [6.45, 7) is -1.48. The minimum absolute atomic E-state index is 0.0915. The number of aromatic nitrogens is 1. The first-order valence-corrected chi connectivity index (χ1v) is 5.24. The van der Waals surface area contributed by atoms with Crippen LogP contribution >= 0.6 is 0 Å². The Labute approximate surface area is 117 Å². The average molecular weight is 258 g/mol. The third kappa shape index (κ3) is 2.91. The molecule has 1 aliphatic rings. The average Bonchev–Trinajstić information content (AvgIpc) is 2.45. The maximum atomic E-state index is 12.2. The Morgan fingerprint density at radius 3 is 2.89 bits per heavy atom. The standard InChI is InChI=1S/C13H18N2O3/c1-13(2,3)18-12(17)15-7-9(8-15)10-5-4-6-11(16)14-10/h4-6,9H,7-8H2,1-3H3,(H,14,16)/i4D,5D,6D,7D2,8D2,9D. The normalized spacial score (nSPS) is 30.1. The molecule has 5 nitrogen and oxygen atoms in total. The van der Waals surface area contributed by atoms with E-state index in [2.05, 4.69) is 0 Å². The van der Waals surface area contributed by atoms with Crippen molar-refractivity contribution in [1.82, 2.24) is 9.88 Å². The number of ether oxygens (including phenoxy) is 1. The Bertz CT molecular complexity index is 814. The van der Waals surface area contributed by atoms with E-state index in [0.29, 0.717) is 0 Å². The Balaban J connectivity index is 2.62. The van der Waals surface area contributed by atoms with Crippen molar-refractivity contribution in [2.45, 2.75) is 32.3 Å². The minimum atomic E-state index is -2.99. The third-order valence-corrected chi connectivity index (χ3v) is 1.88. The molecule has 0 aromatic carbocycles. The molecule has 1 aromatic rings. The lowest BCUT2D eigenvalue weighted by molar-refractivity contribution is 0.00786. The van der Waals surface area contributed by atoms with Gasteiger partial charge in [-0.05, 0) is 26.8 Å². The molecular formula is C13H18N2O3. The molecule has 0 saturated carbocycles. The van der Waals surface area contributed by atoms with Crippen molar-refractivity contribution in [3.63, 3.8) is 0 Å². The molecular weight excluding hydrogens is 232 g/mol. The number of pyridine rings is 1. The topological polar surface area (TPSA) is 62.4 Å². The van der Waals surface area contributed by atoms with Crippen LogP contribution in [0.1, 0.15) is 43.3 Å². The molecule has 0 aliphatic carbocycles. The number of likely N-dealkylation sites (tertiary alicyclic amines) is 1. The highest BCUT2D eigenvalue weighted by atomic mass is 16.6. The molecule has 0 radical (unpaired) electrons. The van der Waals surface area contributed by atoms with Crippen LogP contribution in [0.15, 0.2) is 22.9 Å². The van der Waals surface area contributed by atoms with Gasteiger partial charge in [0.1, 0.15) is 5.60 Å². The molecule has 0 atom stereocenters. The number of amides is 1. The first kappa shape index (κ1) is 5.91. The summed E-state index contributed by atoms with van der Waals surface area (Å²) in [5, 5.41) is 0. The number of aromatic amines is 1. The van der Waals surface area contributed by atoms with Crippen LogP contribution in [-0.2, 0) is 4.74 Å². The second kappa shape index (κ2) is 4.48. The molecule has 98 valence electrons. The summed E-state index contributed by atoms with van der Waals surface area (Å²) in [6, 6.07) is -2.58. The van der Waals surface area contributed by atoms with E-state index in [9.17, 15) is 9.59 Å². The van der Waals surface area contributed by atoms with Crippen molar-refractivity contribution in [3.8, 4) is 0 Å². The van der Waals surface area contributed by atoms with Crippen LogP contribution in [0.25, 0.3) is 0 Å². The molecule has 2 rings (SSSR count). The molecule has 0 bridgehead atoms. The fourth-order valence-electron chi connectivity index (χ4n) is 1.19. The van der Waals surface area contributed by atoms with Crippen LogP contribution < -0.4 is 5.56 Å². The van der Waals surface area contributed by atoms with Gasteiger partial charge in [0.25, 0.3) is 0 Å². The summed E-state index contributed by atoms with van der Waals surface area (Å²) in [7, 11) is 0. The van der Waals surface area contributed by atoms with Crippen molar-refractivity contribution < 1.29 is 20.5 Å². The Hall–Kier alpha value is -1.78. The van der Waals surface area contributed by atoms with Crippen LogP contribution in [-0.4, -0.2) is 34.6 Å².